The largest absolute Gasteiger partial charge is 0.444 e. The van der Waals surface area contributed by atoms with E-state index in [1.54, 1.807) is 33.0 Å². The Balaban J connectivity index is 2.29. The SMILES string of the molecule is Cc1cccnc1C(Cc1cc(F)cc(F)c1)NC(=O)OC(C)(C)C. The van der Waals surface area contributed by atoms with E-state index >= 15 is 0 Å². The fourth-order valence-electron chi connectivity index (χ4n) is 2.49. The molecule has 1 unspecified atom stereocenters. The number of ether oxygens (including phenoxy) is 1. The first-order chi connectivity index (χ1) is 11.6. The molecule has 0 aliphatic carbocycles. The summed E-state index contributed by atoms with van der Waals surface area (Å²) in [5.74, 6) is -1.33. The van der Waals surface area contributed by atoms with Crippen LogP contribution in [0.5, 0.6) is 0 Å². The van der Waals surface area contributed by atoms with Crippen molar-refractivity contribution in [3.8, 4) is 0 Å². The van der Waals surface area contributed by atoms with Crippen LogP contribution in [0.15, 0.2) is 36.5 Å². The second-order valence-corrected chi connectivity index (χ2v) is 6.89. The van der Waals surface area contributed by atoms with Crippen LogP contribution >= 0.6 is 0 Å². The molecule has 1 heterocycles. The minimum atomic E-state index is -0.663. The number of aryl methyl sites for hydroxylation is 1. The number of aromatic nitrogens is 1. The number of nitrogens with one attached hydrogen (secondary N) is 1. The lowest BCUT2D eigenvalue weighted by Gasteiger charge is -2.24. The van der Waals surface area contributed by atoms with Gasteiger partial charge in [-0.15, -0.1) is 0 Å². The average Bonchev–Trinajstić information content (AvgIpc) is 2.44. The van der Waals surface area contributed by atoms with Crippen molar-refractivity contribution < 1.29 is 18.3 Å². The van der Waals surface area contributed by atoms with Gasteiger partial charge in [-0.2, -0.15) is 0 Å². The molecule has 1 N–H and O–H groups in total. The van der Waals surface area contributed by atoms with E-state index in [-0.39, 0.29) is 6.42 Å². The number of carbonyl (C=O) groups excluding carboxylic acids is 1. The van der Waals surface area contributed by atoms with Crippen molar-refractivity contribution in [3.05, 3.63) is 65.0 Å². The predicted octanol–water partition coefficient (Wildman–Crippen LogP) is 4.48. The van der Waals surface area contributed by atoms with Gasteiger partial charge in [0.1, 0.15) is 17.2 Å². The third-order valence-electron chi connectivity index (χ3n) is 3.43. The highest BCUT2D eigenvalue weighted by atomic mass is 19.1. The van der Waals surface area contributed by atoms with Gasteiger partial charge in [0.05, 0.1) is 11.7 Å². The molecule has 2 rings (SSSR count). The topological polar surface area (TPSA) is 51.2 Å². The van der Waals surface area contributed by atoms with Crippen LogP contribution in [-0.2, 0) is 11.2 Å². The maximum atomic E-state index is 13.5. The van der Waals surface area contributed by atoms with E-state index in [0.717, 1.165) is 11.6 Å². The first-order valence-corrected chi connectivity index (χ1v) is 8.00. The molecule has 0 fully saturated rings. The highest BCUT2D eigenvalue weighted by molar-refractivity contribution is 5.68. The molecule has 4 nitrogen and oxygen atoms in total. The Morgan fingerprint density at radius 3 is 2.44 bits per heavy atom. The number of hydrogen-bond acceptors (Lipinski definition) is 3. The Kier molecular flexibility index (Phi) is 5.72. The zero-order valence-corrected chi connectivity index (χ0v) is 14.8. The van der Waals surface area contributed by atoms with Crippen molar-refractivity contribution in [2.75, 3.05) is 0 Å². The first-order valence-electron chi connectivity index (χ1n) is 8.00. The summed E-state index contributed by atoms with van der Waals surface area (Å²) >= 11 is 0. The van der Waals surface area contributed by atoms with Crippen LogP contribution < -0.4 is 5.32 Å². The summed E-state index contributed by atoms with van der Waals surface area (Å²) in [6.45, 7) is 7.14. The molecule has 1 atom stereocenters. The Labute approximate surface area is 146 Å². The molecule has 0 radical (unpaired) electrons. The van der Waals surface area contributed by atoms with Crippen molar-refractivity contribution in [1.29, 1.82) is 0 Å². The molecule has 1 aromatic heterocycles. The van der Waals surface area contributed by atoms with Crippen molar-refractivity contribution in [2.45, 2.75) is 45.8 Å². The van der Waals surface area contributed by atoms with Crippen LogP contribution in [0.2, 0.25) is 0 Å². The maximum Gasteiger partial charge on any atom is 0.408 e. The molecular formula is C19H22F2N2O2. The van der Waals surface area contributed by atoms with Gasteiger partial charge in [-0.1, -0.05) is 6.07 Å². The monoisotopic (exact) mass is 348 g/mol. The van der Waals surface area contributed by atoms with Crippen LogP contribution in [0.1, 0.15) is 43.6 Å². The van der Waals surface area contributed by atoms with Crippen LogP contribution in [0.25, 0.3) is 0 Å². The Bertz CT molecular complexity index is 737. The van der Waals surface area contributed by atoms with E-state index < -0.39 is 29.4 Å². The van der Waals surface area contributed by atoms with Crippen LogP contribution in [0.4, 0.5) is 13.6 Å². The standard InChI is InChI=1S/C19H22F2N2O2/c1-12-6-5-7-22-17(12)16(23-18(24)25-19(2,3)4)10-13-8-14(20)11-15(21)9-13/h5-9,11,16H,10H2,1-4H3,(H,23,24). The third-order valence-corrected chi connectivity index (χ3v) is 3.43. The number of amides is 1. The summed E-state index contributed by atoms with van der Waals surface area (Å²) in [7, 11) is 0. The molecule has 2 aromatic rings. The zero-order chi connectivity index (χ0) is 18.6. The quantitative estimate of drug-likeness (QED) is 0.886. The zero-order valence-electron chi connectivity index (χ0n) is 14.8. The highest BCUT2D eigenvalue weighted by Crippen LogP contribution is 2.22. The number of halogens is 2. The molecule has 0 aliphatic rings. The van der Waals surface area contributed by atoms with Gasteiger partial charge in [0, 0.05) is 12.3 Å². The van der Waals surface area contributed by atoms with Gasteiger partial charge in [0.25, 0.3) is 0 Å². The van der Waals surface area contributed by atoms with Gasteiger partial charge in [0.15, 0.2) is 0 Å². The average molecular weight is 348 g/mol. The van der Waals surface area contributed by atoms with E-state index in [2.05, 4.69) is 10.3 Å². The lowest BCUT2D eigenvalue weighted by molar-refractivity contribution is 0.0502. The fourth-order valence-corrected chi connectivity index (χ4v) is 2.49. The Morgan fingerprint density at radius 1 is 1.24 bits per heavy atom. The molecule has 6 heteroatoms. The van der Waals surface area contributed by atoms with Crippen molar-refractivity contribution in [3.63, 3.8) is 0 Å². The molecule has 0 spiro atoms. The summed E-state index contributed by atoms with van der Waals surface area (Å²) in [4.78, 5) is 16.5. The van der Waals surface area contributed by atoms with Crippen molar-refractivity contribution in [1.82, 2.24) is 10.3 Å². The van der Waals surface area contributed by atoms with Crippen LogP contribution in [-0.4, -0.2) is 16.7 Å². The van der Waals surface area contributed by atoms with Crippen LogP contribution in [0.3, 0.4) is 0 Å². The summed E-state index contributed by atoms with van der Waals surface area (Å²) in [6, 6.07) is 6.36. The molecule has 0 aliphatic heterocycles. The molecule has 1 amide bonds. The van der Waals surface area contributed by atoms with E-state index in [1.165, 1.54) is 12.1 Å². The van der Waals surface area contributed by atoms with Gasteiger partial charge in [-0.25, -0.2) is 13.6 Å². The number of carbonyl (C=O) groups is 1. The highest BCUT2D eigenvalue weighted by Gasteiger charge is 2.23. The molecule has 0 saturated heterocycles. The van der Waals surface area contributed by atoms with Crippen molar-refractivity contribution >= 4 is 6.09 Å². The van der Waals surface area contributed by atoms with Crippen LogP contribution in [0, 0.1) is 18.6 Å². The molecular weight excluding hydrogens is 326 g/mol. The third kappa shape index (κ3) is 5.81. The van der Waals surface area contributed by atoms with Gasteiger partial charge < -0.3 is 10.1 Å². The second kappa shape index (κ2) is 7.59. The molecule has 1 aromatic carbocycles. The summed E-state index contributed by atoms with van der Waals surface area (Å²) < 4.78 is 32.2. The fraction of sp³-hybridized carbons (Fsp3) is 0.368. The smallest absolute Gasteiger partial charge is 0.408 e. The number of rotatable bonds is 4. The lowest BCUT2D eigenvalue weighted by Crippen LogP contribution is -2.36. The first kappa shape index (κ1) is 18.8. The maximum absolute atomic E-state index is 13.5. The number of alkyl carbamates (subject to hydrolysis) is 1. The number of hydrogen-bond donors (Lipinski definition) is 1. The van der Waals surface area contributed by atoms with Gasteiger partial charge in [-0.3, -0.25) is 4.98 Å². The molecule has 0 saturated carbocycles. The van der Waals surface area contributed by atoms with E-state index in [1.807, 2.05) is 13.0 Å². The van der Waals surface area contributed by atoms with Crippen molar-refractivity contribution in [2.24, 2.45) is 0 Å². The van der Waals surface area contributed by atoms with Gasteiger partial charge in [-0.05, 0) is 63.4 Å². The summed E-state index contributed by atoms with van der Waals surface area (Å²) in [6.07, 6.45) is 1.18. The van der Waals surface area contributed by atoms with Gasteiger partial charge in [0.2, 0.25) is 0 Å². The molecule has 25 heavy (non-hydrogen) atoms. The Morgan fingerprint density at radius 2 is 1.88 bits per heavy atom. The van der Waals surface area contributed by atoms with E-state index in [9.17, 15) is 13.6 Å². The van der Waals surface area contributed by atoms with Gasteiger partial charge >= 0.3 is 6.09 Å². The number of benzene rings is 1. The lowest BCUT2D eigenvalue weighted by atomic mass is 10.00. The summed E-state index contributed by atoms with van der Waals surface area (Å²) in [5.41, 5.74) is 1.25. The normalized spacial score (nSPS) is 12.6. The number of pyridine rings is 1. The second-order valence-electron chi connectivity index (χ2n) is 6.89. The predicted molar refractivity (Wildman–Crippen MR) is 91.1 cm³/mol. The molecule has 134 valence electrons. The van der Waals surface area contributed by atoms with E-state index in [4.69, 9.17) is 4.74 Å². The minimum absolute atomic E-state index is 0.186. The Hall–Kier alpha value is -2.50. The van der Waals surface area contributed by atoms with E-state index in [0.29, 0.717) is 11.3 Å². The number of nitrogens with zero attached hydrogens (tertiary/aromatic N) is 1. The molecule has 0 bridgehead atoms. The minimum Gasteiger partial charge on any atom is -0.444 e. The summed E-state index contributed by atoms with van der Waals surface area (Å²) in [5, 5.41) is 2.75.